The van der Waals surface area contributed by atoms with Crippen molar-refractivity contribution in [2.75, 3.05) is 39.8 Å². The summed E-state index contributed by atoms with van der Waals surface area (Å²) in [5, 5.41) is 0.277. The molecule has 0 N–H and O–H groups in total. The lowest BCUT2D eigenvalue weighted by atomic mass is 10.3. The summed E-state index contributed by atoms with van der Waals surface area (Å²) in [4.78, 5) is 13.5. The zero-order chi connectivity index (χ0) is 19.9. The predicted molar refractivity (Wildman–Crippen MR) is 109 cm³/mol. The molecule has 1 aromatic rings. The minimum Gasteiger partial charge on any atom is -0.495 e. The lowest BCUT2D eigenvalue weighted by Crippen LogP contribution is -2.53. The summed E-state index contributed by atoms with van der Waals surface area (Å²) in [6, 6.07) is 4.76. The maximum atomic E-state index is 13.0. The summed E-state index contributed by atoms with van der Waals surface area (Å²) in [6.45, 7) is 4.77. The second kappa shape index (κ2) is 7.38. The molecule has 3 aliphatic heterocycles. The lowest BCUT2D eigenvalue weighted by molar-refractivity contribution is 0.267. The molecule has 0 aromatic heterocycles. The molecule has 1 fully saturated rings. The van der Waals surface area contributed by atoms with Crippen LogP contribution in [-0.4, -0.2) is 80.1 Å². The van der Waals surface area contributed by atoms with E-state index in [2.05, 4.69) is 26.7 Å². The van der Waals surface area contributed by atoms with Gasteiger partial charge in [-0.3, -0.25) is 4.99 Å². The number of hydrogen-bond donors (Lipinski definition) is 0. The van der Waals surface area contributed by atoms with E-state index in [-0.39, 0.29) is 16.0 Å². The molecule has 0 radical (unpaired) electrons. The van der Waals surface area contributed by atoms with E-state index in [0.717, 1.165) is 18.2 Å². The van der Waals surface area contributed by atoms with Crippen LogP contribution in [0.3, 0.4) is 0 Å². The number of fused-ring (bicyclic) bond motifs is 1. The van der Waals surface area contributed by atoms with Crippen molar-refractivity contribution < 1.29 is 13.2 Å². The van der Waals surface area contributed by atoms with Gasteiger partial charge in [-0.25, -0.2) is 13.4 Å². The van der Waals surface area contributed by atoms with Gasteiger partial charge in [0, 0.05) is 45.1 Å². The highest BCUT2D eigenvalue weighted by molar-refractivity contribution is 7.89. The summed E-state index contributed by atoms with van der Waals surface area (Å²) in [6.07, 6.45) is 3.70. The minimum absolute atomic E-state index is 0.171. The fourth-order valence-electron chi connectivity index (χ4n) is 3.57. The number of amidine groups is 2. The van der Waals surface area contributed by atoms with Gasteiger partial charge in [0.15, 0.2) is 11.7 Å². The van der Waals surface area contributed by atoms with Crippen LogP contribution in [0.4, 0.5) is 0 Å². The first kappa shape index (κ1) is 19.2. The van der Waals surface area contributed by atoms with Gasteiger partial charge in [-0.1, -0.05) is 11.6 Å². The zero-order valence-electron chi connectivity index (χ0n) is 15.7. The van der Waals surface area contributed by atoms with Gasteiger partial charge in [-0.2, -0.15) is 4.31 Å². The Morgan fingerprint density at radius 2 is 1.93 bits per heavy atom. The van der Waals surface area contributed by atoms with Gasteiger partial charge < -0.3 is 14.5 Å². The van der Waals surface area contributed by atoms with E-state index in [0.29, 0.717) is 31.9 Å². The first-order valence-electron chi connectivity index (χ1n) is 9.08. The number of piperazine rings is 1. The van der Waals surface area contributed by atoms with Crippen LogP contribution in [0.15, 0.2) is 45.5 Å². The fraction of sp³-hybridized carbons (Fsp3) is 0.444. The highest BCUT2D eigenvalue weighted by atomic mass is 35.5. The molecule has 1 atom stereocenters. The van der Waals surface area contributed by atoms with Gasteiger partial charge in [0.05, 0.1) is 23.1 Å². The van der Waals surface area contributed by atoms with Crippen molar-refractivity contribution in [3.05, 3.63) is 35.6 Å². The van der Waals surface area contributed by atoms with Gasteiger partial charge >= 0.3 is 0 Å². The van der Waals surface area contributed by atoms with Gasteiger partial charge in [0.25, 0.3) is 0 Å². The number of methoxy groups -OCH3 is 1. The zero-order valence-corrected chi connectivity index (χ0v) is 17.3. The topological polar surface area (TPSA) is 77.8 Å². The van der Waals surface area contributed by atoms with Crippen molar-refractivity contribution >= 4 is 33.3 Å². The van der Waals surface area contributed by atoms with Crippen molar-refractivity contribution in [1.29, 1.82) is 0 Å². The maximum absolute atomic E-state index is 13.0. The maximum Gasteiger partial charge on any atom is 0.243 e. The van der Waals surface area contributed by atoms with Crippen LogP contribution in [0.25, 0.3) is 0 Å². The lowest BCUT2D eigenvalue weighted by Gasteiger charge is -2.37. The summed E-state index contributed by atoms with van der Waals surface area (Å²) in [7, 11) is -2.12. The SMILES string of the molecule is COc1ccc(S(=O)(=O)N2CCN(C3=NC=CN4C[C@@H](C)N=C34)CC2)cc1Cl. The molecule has 28 heavy (non-hydrogen) atoms. The number of rotatable bonds is 3. The van der Waals surface area contributed by atoms with Gasteiger partial charge in [0.1, 0.15) is 5.75 Å². The van der Waals surface area contributed by atoms with Gasteiger partial charge in [-0.15, -0.1) is 0 Å². The number of benzene rings is 1. The average Bonchev–Trinajstić information content (AvgIpc) is 3.08. The molecule has 1 aromatic carbocycles. The molecule has 10 heteroatoms. The monoisotopic (exact) mass is 423 g/mol. The number of ether oxygens (including phenoxy) is 1. The Morgan fingerprint density at radius 3 is 2.61 bits per heavy atom. The molecular formula is C18H22ClN5O3S. The Balaban J connectivity index is 1.48. The summed E-state index contributed by atoms with van der Waals surface area (Å²) in [5.41, 5.74) is 0. The molecule has 8 nitrogen and oxygen atoms in total. The van der Waals surface area contributed by atoms with Crippen LogP contribution >= 0.6 is 11.6 Å². The van der Waals surface area contributed by atoms with E-state index in [4.69, 9.17) is 16.3 Å². The molecule has 0 amide bonds. The summed E-state index contributed by atoms with van der Waals surface area (Å²) < 4.78 is 32.5. The molecule has 0 unspecified atom stereocenters. The normalized spacial score (nSPS) is 22.8. The molecule has 3 heterocycles. The third-order valence-electron chi connectivity index (χ3n) is 5.02. The first-order chi connectivity index (χ1) is 13.4. The molecular weight excluding hydrogens is 402 g/mol. The number of sulfonamides is 1. The van der Waals surface area contributed by atoms with Gasteiger partial charge in [0.2, 0.25) is 10.0 Å². The number of hydrogen-bond acceptors (Lipinski definition) is 7. The number of nitrogens with zero attached hydrogens (tertiary/aromatic N) is 5. The standard InChI is InChI=1S/C18H22ClN5O3S/c1-13-12-23-6-5-20-17(18(23)21-13)22-7-9-24(10-8-22)28(25,26)14-3-4-16(27-2)15(19)11-14/h3-6,11,13H,7-10,12H2,1-2H3/t13-/m1/s1. The van der Waals surface area contributed by atoms with Crippen molar-refractivity contribution in [2.45, 2.75) is 17.9 Å². The van der Waals surface area contributed by atoms with Crippen LogP contribution < -0.4 is 4.74 Å². The van der Waals surface area contributed by atoms with Crippen molar-refractivity contribution in [2.24, 2.45) is 9.98 Å². The Morgan fingerprint density at radius 1 is 1.18 bits per heavy atom. The first-order valence-corrected chi connectivity index (χ1v) is 10.9. The molecule has 0 aliphatic carbocycles. The fourth-order valence-corrected chi connectivity index (χ4v) is 5.35. The Kier molecular flexibility index (Phi) is 5.07. The van der Waals surface area contributed by atoms with Crippen LogP contribution in [0.5, 0.6) is 5.75 Å². The molecule has 0 spiro atoms. The van der Waals surface area contributed by atoms with E-state index >= 15 is 0 Å². The third-order valence-corrected chi connectivity index (χ3v) is 7.21. The number of halogens is 1. The summed E-state index contributed by atoms with van der Waals surface area (Å²) >= 11 is 6.11. The van der Waals surface area contributed by atoms with Crippen molar-refractivity contribution in [3.63, 3.8) is 0 Å². The largest absolute Gasteiger partial charge is 0.495 e. The van der Waals surface area contributed by atoms with Gasteiger partial charge in [-0.05, 0) is 25.1 Å². The van der Waals surface area contributed by atoms with E-state index < -0.39 is 10.0 Å². The van der Waals surface area contributed by atoms with Crippen LogP contribution in [0.1, 0.15) is 6.92 Å². The highest BCUT2D eigenvalue weighted by Crippen LogP contribution is 2.29. The minimum atomic E-state index is -3.62. The third kappa shape index (κ3) is 3.38. The molecule has 0 saturated carbocycles. The van der Waals surface area contributed by atoms with Crippen molar-refractivity contribution in [3.8, 4) is 5.75 Å². The number of aliphatic imine (C=N–C) groups is 2. The summed E-state index contributed by atoms with van der Waals surface area (Å²) in [5.74, 6) is 2.13. The van der Waals surface area contributed by atoms with Crippen molar-refractivity contribution in [1.82, 2.24) is 14.1 Å². The second-order valence-corrected chi connectivity index (χ2v) is 9.24. The van der Waals surface area contributed by atoms with E-state index in [1.807, 2.05) is 6.20 Å². The van der Waals surface area contributed by atoms with E-state index in [9.17, 15) is 8.42 Å². The van der Waals surface area contributed by atoms with Crippen LogP contribution in [-0.2, 0) is 10.0 Å². The Bertz CT molecular complexity index is 967. The molecule has 0 bridgehead atoms. The van der Waals surface area contributed by atoms with Crippen LogP contribution in [0.2, 0.25) is 5.02 Å². The van der Waals surface area contributed by atoms with E-state index in [1.165, 1.54) is 23.5 Å². The molecule has 1 saturated heterocycles. The molecule has 150 valence electrons. The average molecular weight is 424 g/mol. The molecule has 3 aliphatic rings. The van der Waals surface area contributed by atoms with Crippen LogP contribution in [0, 0.1) is 0 Å². The predicted octanol–water partition coefficient (Wildman–Crippen LogP) is 1.64. The Hall–Kier alpha value is -2.10. The quantitative estimate of drug-likeness (QED) is 0.738. The second-order valence-electron chi connectivity index (χ2n) is 6.89. The smallest absolute Gasteiger partial charge is 0.243 e. The Labute approximate surface area is 169 Å². The highest BCUT2D eigenvalue weighted by Gasteiger charge is 2.34. The molecule has 4 rings (SSSR count). The van der Waals surface area contributed by atoms with E-state index in [1.54, 1.807) is 12.3 Å².